The molecule has 136 valence electrons. The molecule has 6 heteroatoms. The predicted octanol–water partition coefficient (Wildman–Crippen LogP) is 3.29. The molecule has 5 nitrogen and oxygen atoms in total. The van der Waals surface area contributed by atoms with Gasteiger partial charge >= 0.3 is 0 Å². The largest absolute Gasteiger partial charge is 0.366 e. The number of likely N-dealkylation sites (tertiary alicyclic amines) is 1. The molecule has 0 radical (unpaired) electrons. The van der Waals surface area contributed by atoms with Gasteiger partial charge in [0.05, 0.1) is 11.3 Å². The second-order valence-electron chi connectivity index (χ2n) is 6.54. The number of benzene rings is 2. The van der Waals surface area contributed by atoms with Crippen LogP contribution in [-0.2, 0) is 11.3 Å². The fraction of sp³-hybridized carbons (Fsp3) is 0.300. The molecule has 2 aromatic rings. The van der Waals surface area contributed by atoms with Crippen molar-refractivity contribution in [3.8, 4) is 0 Å². The lowest BCUT2D eigenvalue weighted by molar-refractivity contribution is -0.121. The quantitative estimate of drug-likeness (QED) is 0.846. The molecule has 1 aliphatic heterocycles. The third kappa shape index (κ3) is 4.42. The summed E-state index contributed by atoms with van der Waals surface area (Å²) >= 11 is 6.22. The van der Waals surface area contributed by atoms with Crippen LogP contribution in [0.4, 0.5) is 5.69 Å². The van der Waals surface area contributed by atoms with Gasteiger partial charge in [-0.2, -0.15) is 0 Å². The monoisotopic (exact) mass is 371 g/mol. The SMILES string of the molecule is NC(=O)c1ccccc1NC(=O)C1CCN(Cc2ccccc2Cl)CC1. The van der Waals surface area contributed by atoms with Gasteiger partial charge in [-0.1, -0.05) is 41.9 Å². The first-order valence-corrected chi connectivity index (χ1v) is 9.08. The Bertz CT molecular complexity index is 801. The van der Waals surface area contributed by atoms with E-state index in [2.05, 4.69) is 10.2 Å². The molecule has 1 fully saturated rings. The van der Waals surface area contributed by atoms with Crippen molar-refractivity contribution in [3.63, 3.8) is 0 Å². The van der Waals surface area contributed by atoms with Gasteiger partial charge in [0.2, 0.25) is 5.91 Å². The number of halogens is 1. The molecular weight excluding hydrogens is 350 g/mol. The highest BCUT2D eigenvalue weighted by atomic mass is 35.5. The summed E-state index contributed by atoms with van der Waals surface area (Å²) in [5.41, 5.74) is 7.27. The number of para-hydroxylation sites is 1. The second kappa shape index (κ2) is 8.34. The Labute approximate surface area is 158 Å². The number of primary amides is 1. The number of rotatable bonds is 5. The minimum atomic E-state index is -0.546. The number of amides is 2. The smallest absolute Gasteiger partial charge is 0.250 e. The Morgan fingerprint density at radius 1 is 1.08 bits per heavy atom. The normalized spacial score (nSPS) is 15.6. The highest BCUT2D eigenvalue weighted by molar-refractivity contribution is 6.31. The lowest BCUT2D eigenvalue weighted by atomic mass is 9.95. The van der Waals surface area contributed by atoms with Crippen LogP contribution in [0.25, 0.3) is 0 Å². The highest BCUT2D eigenvalue weighted by Crippen LogP contribution is 2.24. The molecule has 3 rings (SSSR count). The summed E-state index contributed by atoms with van der Waals surface area (Å²) in [6.07, 6.45) is 1.55. The van der Waals surface area contributed by atoms with E-state index in [0.717, 1.165) is 43.1 Å². The molecular formula is C20H22ClN3O2. The van der Waals surface area contributed by atoms with Crippen LogP contribution < -0.4 is 11.1 Å². The van der Waals surface area contributed by atoms with Gasteiger partial charge in [0.1, 0.15) is 0 Å². The molecule has 3 N–H and O–H groups in total. The Kier molecular flexibility index (Phi) is 5.91. The molecule has 1 saturated heterocycles. The third-order valence-corrected chi connectivity index (χ3v) is 5.13. The first-order valence-electron chi connectivity index (χ1n) is 8.70. The summed E-state index contributed by atoms with van der Waals surface area (Å²) in [5.74, 6) is -0.676. The summed E-state index contributed by atoms with van der Waals surface area (Å²) in [6, 6.07) is 14.6. The van der Waals surface area contributed by atoms with E-state index in [1.54, 1.807) is 24.3 Å². The molecule has 0 spiro atoms. The Hall–Kier alpha value is -2.37. The number of carbonyl (C=O) groups excluding carboxylic acids is 2. The van der Waals surface area contributed by atoms with Crippen LogP contribution in [0.3, 0.4) is 0 Å². The van der Waals surface area contributed by atoms with Gasteiger partial charge in [0, 0.05) is 17.5 Å². The molecule has 2 amide bonds. The molecule has 0 bridgehead atoms. The van der Waals surface area contributed by atoms with Gasteiger partial charge in [-0.05, 0) is 49.7 Å². The first kappa shape index (κ1) is 18.4. The standard InChI is InChI=1S/C20H22ClN3O2/c21-17-7-3-1-5-15(17)13-24-11-9-14(10-12-24)20(26)23-18-8-4-2-6-16(18)19(22)25/h1-8,14H,9-13H2,(H2,22,25)(H,23,26). The van der Waals surface area contributed by atoms with Crippen molar-refractivity contribution in [1.82, 2.24) is 4.90 Å². The number of hydrogen-bond acceptors (Lipinski definition) is 3. The summed E-state index contributed by atoms with van der Waals surface area (Å²) in [5, 5.41) is 3.63. The van der Waals surface area contributed by atoms with Crippen LogP contribution in [0.15, 0.2) is 48.5 Å². The maximum absolute atomic E-state index is 12.6. The number of nitrogens with zero attached hydrogens (tertiary/aromatic N) is 1. The molecule has 1 heterocycles. The van der Waals surface area contributed by atoms with Crippen molar-refractivity contribution < 1.29 is 9.59 Å². The zero-order valence-electron chi connectivity index (χ0n) is 14.5. The van der Waals surface area contributed by atoms with Crippen molar-refractivity contribution >= 4 is 29.1 Å². The number of piperidine rings is 1. The average Bonchev–Trinajstić information content (AvgIpc) is 2.64. The van der Waals surface area contributed by atoms with Crippen molar-refractivity contribution in [2.24, 2.45) is 11.7 Å². The lowest BCUT2D eigenvalue weighted by Crippen LogP contribution is -2.38. The Morgan fingerprint density at radius 3 is 2.42 bits per heavy atom. The van der Waals surface area contributed by atoms with E-state index in [9.17, 15) is 9.59 Å². The number of nitrogens with two attached hydrogens (primary N) is 1. The zero-order valence-corrected chi connectivity index (χ0v) is 15.2. The minimum absolute atomic E-state index is 0.0592. The van der Waals surface area contributed by atoms with Crippen LogP contribution >= 0.6 is 11.6 Å². The molecule has 1 aliphatic rings. The predicted molar refractivity (Wildman–Crippen MR) is 103 cm³/mol. The fourth-order valence-corrected chi connectivity index (χ4v) is 3.46. The molecule has 0 unspecified atom stereocenters. The fourth-order valence-electron chi connectivity index (χ4n) is 3.26. The van der Waals surface area contributed by atoms with E-state index in [1.807, 2.05) is 24.3 Å². The van der Waals surface area contributed by atoms with E-state index in [-0.39, 0.29) is 11.8 Å². The minimum Gasteiger partial charge on any atom is -0.366 e. The molecule has 0 aromatic heterocycles. The van der Waals surface area contributed by atoms with Gasteiger partial charge in [-0.3, -0.25) is 14.5 Å². The number of anilines is 1. The third-order valence-electron chi connectivity index (χ3n) is 4.76. The van der Waals surface area contributed by atoms with Crippen LogP contribution in [0.2, 0.25) is 5.02 Å². The summed E-state index contributed by atoms with van der Waals surface area (Å²) in [4.78, 5) is 26.3. The number of nitrogens with one attached hydrogen (secondary N) is 1. The topological polar surface area (TPSA) is 75.4 Å². The average molecular weight is 372 g/mol. The molecule has 0 aliphatic carbocycles. The van der Waals surface area contributed by atoms with E-state index in [4.69, 9.17) is 17.3 Å². The van der Waals surface area contributed by atoms with Crippen LogP contribution in [0, 0.1) is 5.92 Å². The summed E-state index contributed by atoms with van der Waals surface area (Å²) < 4.78 is 0. The second-order valence-corrected chi connectivity index (χ2v) is 6.95. The summed E-state index contributed by atoms with van der Waals surface area (Å²) in [7, 11) is 0. The van der Waals surface area contributed by atoms with E-state index in [0.29, 0.717) is 11.3 Å². The molecule has 0 saturated carbocycles. The maximum Gasteiger partial charge on any atom is 0.250 e. The van der Waals surface area contributed by atoms with Gasteiger partial charge in [-0.25, -0.2) is 0 Å². The summed E-state index contributed by atoms with van der Waals surface area (Å²) in [6.45, 7) is 2.46. The molecule has 2 aromatic carbocycles. The van der Waals surface area contributed by atoms with Crippen molar-refractivity contribution in [2.75, 3.05) is 18.4 Å². The van der Waals surface area contributed by atoms with Crippen LogP contribution in [0.1, 0.15) is 28.8 Å². The highest BCUT2D eigenvalue weighted by Gasteiger charge is 2.26. The van der Waals surface area contributed by atoms with Crippen molar-refractivity contribution in [3.05, 3.63) is 64.7 Å². The molecule has 26 heavy (non-hydrogen) atoms. The van der Waals surface area contributed by atoms with Crippen LogP contribution in [0.5, 0.6) is 0 Å². The van der Waals surface area contributed by atoms with Gasteiger partial charge in [0.25, 0.3) is 5.91 Å². The van der Waals surface area contributed by atoms with Crippen molar-refractivity contribution in [1.29, 1.82) is 0 Å². The molecule has 0 atom stereocenters. The van der Waals surface area contributed by atoms with Gasteiger partial charge < -0.3 is 11.1 Å². The Morgan fingerprint density at radius 2 is 1.73 bits per heavy atom. The van der Waals surface area contributed by atoms with Crippen molar-refractivity contribution in [2.45, 2.75) is 19.4 Å². The van der Waals surface area contributed by atoms with E-state index < -0.39 is 5.91 Å². The Balaban J connectivity index is 1.56. The number of hydrogen-bond donors (Lipinski definition) is 2. The lowest BCUT2D eigenvalue weighted by Gasteiger charge is -2.31. The van der Waals surface area contributed by atoms with Crippen LogP contribution in [-0.4, -0.2) is 29.8 Å². The van der Waals surface area contributed by atoms with Gasteiger partial charge in [0.15, 0.2) is 0 Å². The van der Waals surface area contributed by atoms with E-state index in [1.165, 1.54) is 0 Å². The number of carbonyl (C=O) groups is 2. The zero-order chi connectivity index (χ0) is 18.5. The van der Waals surface area contributed by atoms with Gasteiger partial charge in [-0.15, -0.1) is 0 Å². The maximum atomic E-state index is 12.6. The first-order chi connectivity index (χ1) is 12.5. The van der Waals surface area contributed by atoms with E-state index >= 15 is 0 Å².